The summed E-state index contributed by atoms with van der Waals surface area (Å²) in [5, 5.41) is 11.7. The van der Waals surface area contributed by atoms with E-state index in [-0.39, 0.29) is 25.7 Å². The summed E-state index contributed by atoms with van der Waals surface area (Å²) in [5.74, 6) is -3.40. The SMILES string of the molecule is CCOC(=O)C(NC(=O)OCC1c2ccccc2-c2ccccc21)C(=O)N(CC(=O)O)Cc1ccccc1. The van der Waals surface area contributed by atoms with E-state index in [0.29, 0.717) is 5.56 Å². The van der Waals surface area contributed by atoms with Crippen LogP contribution in [0.4, 0.5) is 4.79 Å². The number of hydrogen-bond donors (Lipinski definition) is 2. The Morgan fingerprint density at radius 3 is 2.03 bits per heavy atom. The molecule has 0 aromatic heterocycles. The Hall–Kier alpha value is -4.66. The van der Waals surface area contributed by atoms with Gasteiger partial charge < -0.3 is 19.5 Å². The van der Waals surface area contributed by atoms with Crippen molar-refractivity contribution in [2.24, 2.45) is 0 Å². The zero-order chi connectivity index (χ0) is 27.1. The number of nitrogens with one attached hydrogen (secondary N) is 1. The molecule has 0 spiro atoms. The van der Waals surface area contributed by atoms with Gasteiger partial charge in [-0.2, -0.15) is 0 Å². The van der Waals surface area contributed by atoms with Crippen LogP contribution >= 0.6 is 0 Å². The lowest BCUT2D eigenvalue weighted by Crippen LogP contribution is -2.54. The highest BCUT2D eigenvalue weighted by Gasteiger charge is 2.36. The Morgan fingerprint density at radius 1 is 0.868 bits per heavy atom. The quantitative estimate of drug-likeness (QED) is 0.312. The van der Waals surface area contributed by atoms with E-state index in [2.05, 4.69) is 5.32 Å². The molecule has 3 aromatic carbocycles. The molecule has 3 aromatic rings. The molecule has 0 heterocycles. The third-order valence-corrected chi connectivity index (χ3v) is 6.23. The minimum atomic E-state index is -1.77. The zero-order valence-electron chi connectivity index (χ0n) is 20.8. The van der Waals surface area contributed by atoms with Gasteiger partial charge in [-0.25, -0.2) is 9.59 Å². The molecule has 2 amide bonds. The lowest BCUT2D eigenvalue weighted by molar-refractivity contribution is -0.155. The van der Waals surface area contributed by atoms with Crippen LogP contribution in [-0.2, 0) is 30.4 Å². The highest BCUT2D eigenvalue weighted by molar-refractivity contribution is 6.04. The Labute approximate surface area is 220 Å². The summed E-state index contributed by atoms with van der Waals surface area (Å²) in [5.41, 5.74) is 4.79. The van der Waals surface area contributed by atoms with E-state index in [1.165, 1.54) is 0 Å². The van der Waals surface area contributed by atoms with Crippen molar-refractivity contribution in [1.29, 1.82) is 0 Å². The minimum absolute atomic E-state index is 0.0214. The first kappa shape index (κ1) is 26.4. The number of fused-ring (bicyclic) bond motifs is 3. The van der Waals surface area contributed by atoms with E-state index in [4.69, 9.17) is 9.47 Å². The molecule has 4 rings (SSSR count). The maximum atomic E-state index is 13.3. The topological polar surface area (TPSA) is 122 Å². The van der Waals surface area contributed by atoms with Gasteiger partial charge in [-0.15, -0.1) is 0 Å². The van der Waals surface area contributed by atoms with Crippen LogP contribution in [0.15, 0.2) is 78.9 Å². The summed E-state index contributed by atoms with van der Waals surface area (Å²) in [4.78, 5) is 51.2. The molecule has 0 bridgehead atoms. The summed E-state index contributed by atoms with van der Waals surface area (Å²) in [7, 11) is 0. The highest BCUT2D eigenvalue weighted by Crippen LogP contribution is 2.44. The van der Waals surface area contributed by atoms with Crippen molar-refractivity contribution in [2.45, 2.75) is 25.4 Å². The van der Waals surface area contributed by atoms with E-state index >= 15 is 0 Å². The molecule has 2 N–H and O–H groups in total. The fraction of sp³-hybridized carbons (Fsp3) is 0.241. The zero-order valence-corrected chi connectivity index (χ0v) is 20.8. The molecule has 1 aliphatic carbocycles. The Kier molecular flexibility index (Phi) is 8.37. The van der Waals surface area contributed by atoms with Crippen LogP contribution in [0.3, 0.4) is 0 Å². The number of aliphatic carboxylic acids is 1. The van der Waals surface area contributed by atoms with Crippen LogP contribution in [0.2, 0.25) is 0 Å². The first-order chi connectivity index (χ1) is 18.4. The predicted octanol–water partition coefficient (Wildman–Crippen LogP) is 3.57. The summed E-state index contributed by atoms with van der Waals surface area (Å²) in [6.07, 6.45) is -0.992. The van der Waals surface area contributed by atoms with E-state index in [1.54, 1.807) is 37.3 Å². The Balaban J connectivity index is 1.49. The number of carboxylic acid groups (broad SMARTS) is 1. The summed E-state index contributed by atoms with van der Waals surface area (Å²) in [6, 6.07) is 22.6. The van der Waals surface area contributed by atoms with Gasteiger partial charge in [0.15, 0.2) is 0 Å². The Morgan fingerprint density at radius 2 is 1.45 bits per heavy atom. The average Bonchev–Trinajstić information content (AvgIpc) is 3.24. The van der Waals surface area contributed by atoms with Crippen LogP contribution in [0.25, 0.3) is 11.1 Å². The number of carbonyl (C=O) groups excluding carboxylic acids is 3. The average molecular weight is 517 g/mol. The number of alkyl carbamates (subject to hydrolysis) is 1. The molecule has 9 heteroatoms. The van der Waals surface area contributed by atoms with Crippen LogP contribution in [0.5, 0.6) is 0 Å². The van der Waals surface area contributed by atoms with Crippen LogP contribution < -0.4 is 5.32 Å². The molecule has 1 atom stereocenters. The second-order valence-electron chi connectivity index (χ2n) is 8.73. The van der Waals surface area contributed by atoms with Crippen molar-refractivity contribution in [3.63, 3.8) is 0 Å². The van der Waals surface area contributed by atoms with Gasteiger partial charge >= 0.3 is 18.0 Å². The highest BCUT2D eigenvalue weighted by atomic mass is 16.6. The molecular weight excluding hydrogens is 488 g/mol. The van der Waals surface area contributed by atoms with E-state index in [0.717, 1.165) is 27.2 Å². The molecule has 0 saturated carbocycles. The second kappa shape index (κ2) is 12.1. The number of carboxylic acids is 1. The lowest BCUT2D eigenvalue weighted by atomic mass is 9.98. The van der Waals surface area contributed by atoms with Crippen molar-refractivity contribution in [1.82, 2.24) is 10.2 Å². The number of amides is 2. The molecule has 0 radical (unpaired) electrons. The van der Waals surface area contributed by atoms with Crippen molar-refractivity contribution in [3.05, 3.63) is 95.6 Å². The summed E-state index contributed by atoms with van der Waals surface area (Å²) >= 11 is 0. The van der Waals surface area contributed by atoms with Crippen LogP contribution in [0.1, 0.15) is 29.5 Å². The normalized spacial score (nSPS) is 12.6. The monoisotopic (exact) mass is 516 g/mol. The molecule has 196 valence electrons. The standard InChI is InChI=1S/C29H28N2O7/c1-2-37-28(35)26(27(34)31(17-25(32)33)16-19-10-4-3-5-11-19)30-29(36)38-18-24-22-14-8-6-12-20(22)21-13-7-9-15-23(21)24/h3-15,24,26H,2,16-18H2,1H3,(H,30,36)(H,32,33). The second-order valence-corrected chi connectivity index (χ2v) is 8.73. The molecule has 1 unspecified atom stereocenters. The smallest absolute Gasteiger partial charge is 0.408 e. The molecule has 9 nitrogen and oxygen atoms in total. The summed E-state index contributed by atoms with van der Waals surface area (Å²) in [6.45, 7) is 0.759. The van der Waals surface area contributed by atoms with Gasteiger partial charge in [0.05, 0.1) is 6.61 Å². The van der Waals surface area contributed by atoms with Crippen molar-refractivity contribution >= 4 is 23.9 Å². The Bertz CT molecular complexity index is 1280. The van der Waals surface area contributed by atoms with Gasteiger partial charge in [0.25, 0.3) is 5.91 Å². The van der Waals surface area contributed by atoms with Gasteiger partial charge in [-0.05, 0) is 34.7 Å². The van der Waals surface area contributed by atoms with Gasteiger partial charge in [-0.1, -0.05) is 78.9 Å². The number of ether oxygens (including phenoxy) is 2. The minimum Gasteiger partial charge on any atom is -0.480 e. The number of carbonyl (C=O) groups is 4. The molecule has 1 aliphatic rings. The van der Waals surface area contributed by atoms with Crippen molar-refractivity contribution in [2.75, 3.05) is 19.8 Å². The predicted molar refractivity (Wildman–Crippen MR) is 138 cm³/mol. The number of esters is 1. The largest absolute Gasteiger partial charge is 0.480 e. The van der Waals surface area contributed by atoms with E-state index < -0.39 is 36.5 Å². The van der Waals surface area contributed by atoms with Crippen molar-refractivity contribution < 1.29 is 33.8 Å². The van der Waals surface area contributed by atoms with Gasteiger partial charge in [0.1, 0.15) is 13.2 Å². The first-order valence-electron chi connectivity index (χ1n) is 12.2. The third kappa shape index (κ3) is 6.00. The first-order valence-corrected chi connectivity index (χ1v) is 12.2. The maximum Gasteiger partial charge on any atom is 0.408 e. The number of hydrogen-bond acceptors (Lipinski definition) is 6. The number of rotatable bonds is 10. The molecule has 0 aliphatic heterocycles. The van der Waals surface area contributed by atoms with Gasteiger partial charge in [0.2, 0.25) is 6.04 Å². The molecule has 38 heavy (non-hydrogen) atoms. The fourth-order valence-electron chi connectivity index (χ4n) is 4.57. The summed E-state index contributed by atoms with van der Waals surface area (Å²) < 4.78 is 10.5. The molecule has 0 fully saturated rings. The van der Waals surface area contributed by atoms with Crippen LogP contribution in [-0.4, -0.2) is 59.7 Å². The lowest BCUT2D eigenvalue weighted by Gasteiger charge is -2.25. The fourth-order valence-corrected chi connectivity index (χ4v) is 4.57. The van der Waals surface area contributed by atoms with Crippen molar-refractivity contribution in [3.8, 4) is 11.1 Å². The number of benzene rings is 3. The van der Waals surface area contributed by atoms with Gasteiger partial charge in [0, 0.05) is 12.5 Å². The van der Waals surface area contributed by atoms with E-state index in [1.807, 2.05) is 48.5 Å². The maximum absolute atomic E-state index is 13.3. The molecular formula is C29H28N2O7. The van der Waals surface area contributed by atoms with Crippen LogP contribution in [0, 0.1) is 0 Å². The number of nitrogens with zero attached hydrogens (tertiary/aromatic N) is 1. The third-order valence-electron chi connectivity index (χ3n) is 6.23. The van der Waals surface area contributed by atoms with E-state index in [9.17, 15) is 24.3 Å². The molecule has 0 saturated heterocycles. The van der Waals surface area contributed by atoms with Gasteiger partial charge in [-0.3, -0.25) is 14.9 Å².